The SMILES string of the molecule is COCOc1cc(-c2c(C#N)c(F)c3c(N4CC5CCC(C4)N5C(=O)OC(C)(C)C)nc(OC[C@@]45CCCN4C[C@H](F)C5)nc3c2F)c2c(F)cccc2c1. The van der Waals surface area contributed by atoms with E-state index in [0.717, 1.165) is 13.0 Å². The largest absolute Gasteiger partial charge is 0.468 e. The van der Waals surface area contributed by atoms with Gasteiger partial charge < -0.3 is 23.8 Å². The molecule has 4 aromatic rings. The standard InChI is InChI=1S/C40H42F4N6O5/c1-39(2,3)55-38(51)50-24-9-10-25(50)19-48(18-24)36-32-33(43)28(16-45)31(27-14-26(54-21-52-4)13-22-7-5-8-29(42)30(22)27)34(44)35(32)46-37(47-36)53-20-40-11-6-12-49(40)17-23(41)15-40/h5,7-8,13-14,23-25H,6,9-12,15,17-21H2,1-4H3/t23-,24?,25?,40+/m1/s1. The van der Waals surface area contributed by atoms with Crippen LogP contribution in [0.3, 0.4) is 0 Å². The lowest BCUT2D eigenvalue weighted by molar-refractivity contribution is 0.0122. The number of ether oxygens (including phenoxy) is 4. The van der Waals surface area contributed by atoms with E-state index in [2.05, 4.69) is 14.9 Å². The van der Waals surface area contributed by atoms with E-state index in [4.69, 9.17) is 18.9 Å². The molecule has 15 heteroatoms. The van der Waals surface area contributed by atoms with E-state index in [1.54, 1.807) is 36.6 Å². The highest BCUT2D eigenvalue weighted by molar-refractivity contribution is 6.03. The molecule has 2 bridgehead atoms. The van der Waals surface area contributed by atoms with E-state index in [-0.39, 0.29) is 85.5 Å². The topological polar surface area (TPSA) is 113 Å². The van der Waals surface area contributed by atoms with E-state index in [1.165, 1.54) is 31.4 Å². The van der Waals surface area contributed by atoms with Gasteiger partial charge >= 0.3 is 12.1 Å². The summed E-state index contributed by atoms with van der Waals surface area (Å²) in [5, 5.41) is 10.4. The zero-order valence-electron chi connectivity index (χ0n) is 31.1. The number of aromatic nitrogens is 2. The summed E-state index contributed by atoms with van der Waals surface area (Å²) in [6.45, 7) is 6.65. The molecule has 290 valence electrons. The van der Waals surface area contributed by atoms with Gasteiger partial charge in [0.05, 0.1) is 28.6 Å². The van der Waals surface area contributed by atoms with Crippen molar-refractivity contribution in [3.8, 4) is 29.0 Å². The maximum Gasteiger partial charge on any atom is 0.410 e. The number of nitriles is 1. The van der Waals surface area contributed by atoms with E-state index in [1.807, 2.05) is 6.07 Å². The summed E-state index contributed by atoms with van der Waals surface area (Å²) in [4.78, 5) is 27.9. The molecule has 8 rings (SSSR count). The molecule has 0 N–H and O–H groups in total. The number of alkyl halides is 1. The van der Waals surface area contributed by atoms with Crippen LogP contribution in [0.5, 0.6) is 11.8 Å². The van der Waals surface area contributed by atoms with Gasteiger partial charge in [-0.2, -0.15) is 15.2 Å². The second kappa shape index (κ2) is 14.0. The number of amides is 1. The molecule has 1 amide bonds. The minimum Gasteiger partial charge on any atom is -0.468 e. The quantitative estimate of drug-likeness (QED) is 0.134. The third kappa shape index (κ3) is 6.52. The Morgan fingerprint density at radius 1 is 1.04 bits per heavy atom. The van der Waals surface area contributed by atoms with Crippen molar-refractivity contribution in [3.05, 3.63) is 53.3 Å². The molecule has 0 radical (unpaired) electrons. The predicted octanol–water partition coefficient (Wildman–Crippen LogP) is 7.26. The van der Waals surface area contributed by atoms with Crippen molar-refractivity contribution >= 4 is 33.6 Å². The molecule has 4 atom stereocenters. The van der Waals surface area contributed by atoms with Gasteiger partial charge in [-0.1, -0.05) is 12.1 Å². The Bertz CT molecular complexity index is 2220. The van der Waals surface area contributed by atoms with Gasteiger partial charge in [-0.3, -0.25) is 9.80 Å². The highest BCUT2D eigenvalue weighted by atomic mass is 19.1. The van der Waals surface area contributed by atoms with Crippen molar-refractivity contribution in [2.75, 3.05) is 51.6 Å². The number of piperazine rings is 1. The number of halogens is 4. The second-order valence-corrected chi connectivity index (χ2v) is 15.9. The Morgan fingerprint density at radius 3 is 2.51 bits per heavy atom. The van der Waals surface area contributed by atoms with Gasteiger partial charge in [0.2, 0.25) is 0 Å². The molecule has 11 nitrogen and oxygen atoms in total. The minimum absolute atomic E-state index is 0.0102. The Balaban J connectivity index is 1.29. The van der Waals surface area contributed by atoms with Crippen molar-refractivity contribution in [1.29, 1.82) is 5.26 Å². The molecule has 4 aliphatic rings. The number of carbonyl (C=O) groups excluding carboxylic acids is 1. The van der Waals surface area contributed by atoms with Crippen molar-refractivity contribution in [2.24, 2.45) is 0 Å². The van der Waals surface area contributed by atoms with Gasteiger partial charge in [-0.25, -0.2) is 22.4 Å². The number of nitrogens with zero attached hydrogens (tertiary/aromatic N) is 6. The van der Waals surface area contributed by atoms with Crippen LogP contribution in [0, 0.1) is 28.8 Å². The molecular weight excluding hydrogens is 720 g/mol. The first-order chi connectivity index (χ1) is 26.3. The van der Waals surface area contributed by atoms with Gasteiger partial charge in [-0.05, 0) is 76.6 Å². The van der Waals surface area contributed by atoms with Gasteiger partial charge in [0, 0.05) is 49.7 Å². The van der Waals surface area contributed by atoms with Crippen molar-refractivity contribution < 1.29 is 41.3 Å². The van der Waals surface area contributed by atoms with Crippen LogP contribution in [0.15, 0.2) is 30.3 Å². The molecule has 5 heterocycles. The van der Waals surface area contributed by atoms with Crippen LogP contribution in [0.4, 0.5) is 28.2 Å². The molecule has 4 aliphatic heterocycles. The Morgan fingerprint density at radius 2 is 1.80 bits per heavy atom. The molecule has 1 aromatic heterocycles. The lowest BCUT2D eigenvalue weighted by Gasteiger charge is -2.42. The number of carbonyl (C=O) groups is 1. The Labute approximate surface area is 315 Å². The fourth-order valence-corrected chi connectivity index (χ4v) is 9.00. The molecule has 4 saturated heterocycles. The normalized spacial score (nSPS) is 23.7. The fraction of sp³-hybridized carbons (Fsp3) is 0.500. The van der Waals surface area contributed by atoms with E-state index < -0.39 is 57.5 Å². The number of benzene rings is 3. The van der Waals surface area contributed by atoms with Crippen LogP contribution < -0.4 is 14.4 Å². The van der Waals surface area contributed by atoms with Crippen molar-refractivity contribution in [1.82, 2.24) is 19.8 Å². The number of rotatable bonds is 8. The number of methoxy groups -OCH3 is 1. The predicted molar refractivity (Wildman–Crippen MR) is 195 cm³/mol. The molecule has 2 unspecified atom stereocenters. The first-order valence-corrected chi connectivity index (χ1v) is 18.6. The monoisotopic (exact) mass is 762 g/mol. The summed E-state index contributed by atoms with van der Waals surface area (Å²) in [7, 11) is 1.42. The third-order valence-corrected chi connectivity index (χ3v) is 11.2. The average Bonchev–Trinajstić information content (AvgIpc) is 3.76. The van der Waals surface area contributed by atoms with Crippen LogP contribution in [-0.4, -0.2) is 102 Å². The molecule has 0 aliphatic carbocycles. The second-order valence-electron chi connectivity index (χ2n) is 15.9. The maximum atomic E-state index is 17.5. The van der Waals surface area contributed by atoms with Crippen molar-refractivity contribution in [3.63, 3.8) is 0 Å². The molecular formula is C40H42F4N6O5. The van der Waals surface area contributed by atoms with E-state index in [0.29, 0.717) is 24.6 Å². The van der Waals surface area contributed by atoms with Gasteiger partial charge in [0.15, 0.2) is 18.4 Å². The number of fused-ring (bicyclic) bond motifs is 5. The molecule has 4 fully saturated rings. The number of anilines is 1. The number of hydrogen-bond donors (Lipinski definition) is 0. The van der Waals surface area contributed by atoms with Gasteiger partial charge in [0.25, 0.3) is 0 Å². The zero-order valence-corrected chi connectivity index (χ0v) is 31.1. The fourth-order valence-electron chi connectivity index (χ4n) is 9.00. The maximum absolute atomic E-state index is 17.5. The molecule has 55 heavy (non-hydrogen) atoms. The zero-order chi connectivity index (χ0) is 38.8. The summed E-state index contributed by atoms with van der Waals surface area (Å²) in [5.74, 6) is -2.74. The van der Waals surface area contributed by atoms with Crippen molar-refractivity contribution in [2.45, 2.75) is 82.3 Å². The molecule has 0 saturated carbocycles. The lowest BCUT2D eigenvalue weighted by Crippen LogP contribution is -2.57. The Hall–Kier alpha value is -4.94. The smallest absolute Gasteiger partial charge is 0.410 e. The van der Waals surface area contributed by atoms with Gasteiger partial charge in [0.1, 0.15) is 47.4 Å². The summed E-state index contributed by atoms with van der Waals surface area (Å²) in [6.07, 6.45) is 1.66. The first-order valence-electron chi connectivity index (χ1n) is 18.6. The van der Waals surface area contributed by atoms with Gasteiger partial charge in [-0.15, -0.1) is 0 Å². The third-order valence-electron chi connectivity index (χ3n) is 11.2. The van der Waals surface area contributed by atoms with Crippen LogP contribution in [0.2, 0.25) is 0 Å². The highest BCUT2D eigenvalue weighted by Crippen LogP contribution is 2.45. The average molecular weight is 763 g/mol. The summed E-state index contributed by atoms with van der Waals surface area (Å²) < 4.78 is 87.5. The first kappa shape index (κ1) is 37.0. The molecule has 3 aromatic carbocycles. The number of hydrogen-bond acceptors (Lipinski definition) is 10. The lowest BCUT2D eigenvalue weighted by atomic mass is 9.92. The Kier molecular flexibility index (Phi) is 9.40. The van der Waals surface area contributed by atoms with E-state index >= 15 is 13.2 Å². The van der Waals surface area contributed by atoms with Crippen LogP contribution in [0.25, 0.3) is 32.8 Å². The van der Waals surface area contributed by atoms with Crippen LogP contribution in [-0.2, 0) is 9.47 Å². The van der Waals surface area contributed by atoms with Crippen LogP contribution >= 0.6 is 0 Å². The van der Waals surface area contributed by atoms with E-state index in [9.17, 15) is 14.4 Å². The summed E-state index contributed by atoms with van der Waals surface area (Å²) in [5.41, 5.74) is -3.08. The highest BCUT2D eigenvalue weighted by Gasteiger charge is 2.50. The molecule has 0 spiro atoms. The van der Waals surface area contributed by atoms with Crippen LogP contribution in [0.1, 0.15) is 58.4 Å². The summed E-state index contributed by atoms with van der Waals surface area (Å²) in [6, 6.07) is 8.08. The summed E-state index contributed by atoms with van der Waals surface area (Å²) >= 11 is 0. The minimum atomic E-state index is -1.10.